The summed E-state index contributed by atoms with van der Waals surface area (Å²) in [7, 11) is 0. The Balaban J connectivity index is 2.44. The van der Waals surface area contributed by atoms with Crippen LogP contribution in [0.5, 0.6) is 0 Å². The van der Waals surface area contributed by atoms with Crippen LogP contribution >= 0.6 is 11.6 Å². The molecule has 0 saturated carbocycles. The average molecular weight is 226 g/mol. The molecule has 1 aromatic carbocycles. The first-order valence-electron chi connectivity index (χ1n) is 5.61. The first-order valence-corrected chi connectivity index (χ1v) is 5.99. The fourth-order valence-corrected chi connectivity index (χ4v) is 1.82. The van der Waals surface area contributed by atoms with Crippen LogP contribution < -0.4 is 5.73 Å². The third-order valence-corrected chi connectivity index (χ3v) is 3.07. The van der Waals surface area contributed by atoms with E-state index in [1.165, 1.54) is 12.0 Å². The van der Waals surface area contributed by atoms with Crippen LogP contribution in [-0.2, 0) is 6.42 Å². The minimum Gasteiger partial charge on any atom is -0.327 e. The normalized spacial score (nSPS) is 14.9. The lowest BCUT2D eigenvalue weighted by molar-refractivity contribution is 0.450. The molecule has 0 aromatic heterocycles. The summed E-state index contributed by atoms with van der Waals surface area (Å²) < 4.78 is 0. The van der Waals surface area contributed by atoms with E-state index in [0.717, 1.165) is 17.9 Å². The van der Waals surface area contributed by atoms with Crippen LogP contribution in [-0.4, -0.2) is 6.04 Å². The summed E-state index contributed by atoms with van der Waals surface area (Å²) in [6.07, 6.45) is 3.24. The molecule has 0 bridgehead atoms. The molecular formula is C13H20ClN. The monoisotopic (exact) mass is 225 g/mol. The fourth-order valence-electron chi connectivity index (χ4n) is 1.69. The molecule has 2 N–H and O–H groups in total. The van der Waals surface area contributed by atoms with Crippen LogP contribution in [0.25, 0.3) is 0 Å². The minimum atomic E-state index is 0.265. The number of rotatable bonds is 5. The first kappa shape index (κ1) is 12.5. The predicted octanol–water partition coefficient (Wildman–Crippen LogP) is 3.65. The Morgan fingerprint density at radius 3 is 2.40 bits per heavy atom. The third-order valence-electron chi connectivity index (χ3n) is 2.81. The zero-order valence-corrected chi connectivity index (χ0v) is 10.3. The Morgan fingerprint density at radius 1 is 1.27 bits per heavy atom. The summed E-state index contributed by atoms with van der Waals surface area (Å²) in [6, 6.07) is 8.22. The topological polar surface area (TPSA) is 26.0 Å². The third kappa shape index (κ3) is 4.67. The van der Waals surface area contributed by atoms with Gasteiger partial charge >= 0.3 is 0 Å². The molecule has 0 aliphatic rings. The van der Waals surface area contributed by atoms with Crippen molar-refractivity contribution in [2.75, 3.05) is 0 Å². The highest BCUT2D eigenvalue weighted by molar-refractivity contribution is 6.30. The number of halogens is 1. The molecule has 2 atom stereocenters. The molecule has 0 aliphatic carbocycles. The molecular weight excluding hydrogens is 206 g/mol. The molecule has 0 aliphatic heterocycles. The highest BCUT2D eigenvalue weighted by Gasteiger charge is 2.08. The first-order chi connectivity index (χ1) is 7.11. The molecule has 0 saturated heterocycles. The van der Waals surface area contributed by atoms with Gasteiger partial charge in [0.15, 0.2) is 0 Å². The molecule has 84 valence electrons. The quantitative estimate of drug-likeness (QED) is 0.814. The lowest BCUT2D eigenvalue weighted by Gasteiger charge is -2.15. The summed E-state index contributed by atoms with van der Waals surface area (Å²) in [5.74, 6) is 0.715. The maximum Gasteiger partial charge on any atom is 0.0406 e. The maximum atomic E-state index is 6.09. The Bertz CT molecular complexity index is 281. The summed E-state index contributed by atoms with van der Waals surface area (Å²) >= 11 is 5.82. The van der Waals surface area contributed by atoms with E-state index in [2.05, 4.69) is 26.0 Å². The molecule has 0 heterocycles. The van der Waals surface area contributed by atoms with E-state index in [0.29, 0.717) is 5.92 Å². The van der Waals surface area contributed by atoms with Gasteiger partial charge in [-0.1, -0.05) is 44.0 Å². The number of hydrogen-bond acceptors (Lipinski definition) is 1. The predicted molar refractivity (Wildman–Crippen MR) is 67.2 cm³/mol. The van der Waals surface area contributed by atoms with Crippen LogP contribution in [0.1, 0.15) is 32.3 Å². The van der Waals surface area contributed by atoms with Crippen molar-refractivity contribution in [3.8, 4) is 0 Å². The van der Waals surface area contributed by atoms with Gasteiger partial charge in [-0.2, -0.15) is 0 Å². The lowest BCUT2D eigenvalue weighted by atomic mass is 9.95. The van der Waals surface area contributed by atoms with Gasteiger partial charge in [-0.05, 0) is 36.5 Å². The SMILES string of the molecule is CCC(C)CC(N)Cc1ccc(Cl)cc1. The molecule has 1 nitrogen and oxygen atoms in total. The largest absolute Gasteiger partial charge is 0.327 e. The van der Waals surface area contributed by atoms with Crippen LogP contribution in [0.15, 0.2) is 24.3 Å². The summed E-state index contributed by atoms with van der Waals surface area (Å²) in [5, 5.41) is 0.786. The zero-order chi connectivity index (χ0) is 11.3. The Labute approximate surface area is 97.6 Å². The average Bonchev–Trinajstić information content (AvgIpc) is 2.21. The molecule has 0 radical (unpaired) electrons. The van der Waals surface area contributed by atoms with E-state index < -0.39 is 0 Å². The smallest absolute Gasteiger partial charge is 0.0406 e. The Morgan fingerprint density at radius 2 is 1.87 bits per heavy atom. The number of hydrogen-bond donors (Lipinski definition) is 1. The standard InChI is InChI=1S/C13H20ClN/c1-3-10(2)8-13(15)9-11-4-6-12(14)7-5-11/h4-7,10,13H,3,8-9,15H2,1-2H3. The lowest BCUT2D eigenvalue weighted by Crippen LogP contribution is -2.25. The van der Waals surface area contributed by atoms with Gasteiger partial charge < -0.3 is 5.73 Å². The van der Waals surface area contributed by atoms with E-state index in [1.54, 1.807) is 0 Å². The van der Waals surface area contributed by atoms with Gasteiger partial charge in [0, 0.05) is 11.1 Å². The summed E-state index contributed by atoms with van der Waals surface area (Å²) in [4.78, 5) is 0. The van der Waals surface area contributed by atoms with Crippen LogP contribution in [0.2, 0.25) is 5.02 Å². The van der Waals surface area contributed by atoms with Gasteiger partial charge in [0.2, 0.25) is 0 Å². The van der Waals surface area contributed by atoms with Crippen molar-refractivity contribution in [2.24, 2.45) is 11.7 Å². The van der Waals surface area contributed by atoms with Crippen molar-refractivity contribution in [1.29, 1.82) is 0 Å². The molecule has 0 spiro atoms. The summed E-state index contributed by atoms with van der Waals surface area (Å²) in [6.45, 7) is 4.46. The molecule has 1 aromatic rings. The van der Waals surface area contributed by atoms with E-state index in [-0.39, 0.29) is 6.04 Å². The van der Waals surface area contributed by atoms with Gasteiger partial charge in [0.05, 0.1) is 0 Å². The van der Waals surface area contributed by atoms with Crippen molar-refractivity contribution in [1.82, 2.24) is 0 Å². The Hall–Kier alpha value is -0.530. The van der Waals surface area contributed by atoms with Gasteiger partial charge in [0.25, 0.3) is 0 Å². The zero-order valence-electron chi connectivity index (χ0n) is 9.54. The Kier molecular flexibility index (Phi) is 5.13. The van der Waals surface area contributed by atoms with Gasteiger partial charge in [-0.25, -0.2) is 0 Å². The van der Waals surface area contributed by atoms with E-state index in [1.807, 2.05) is 12.1 Å². The van der Waals surface area contributed by atoms with Crippen molar-refractivity contribution >= 4 is 11.6 Å². The van der Waals surface area contributed by atoms with Gasteiger partial charge in [0.1, 0.15) is 0 Å². The fraction of sp³-hybridized carbons (Fsp3) is 0.538. The molecule has 1 rings (SSSR count). The van der Waals surface area contributed by atoms with Crippen LogP contribution in [0.3, 0.4) is 0 Å². The van der Waals surface area contributed by atoms with Crippen molar-refractivity contribution in [2.45, 2.75) is 39.2 Å². The van der Waals surface area contributed by atoms with E-state index in [9.17, 15) is 0 Å². The van der Waals surface area contributed by atoms with Crippen molar-refractivity contribution in [3.05, 3.63) is 34.9 Å². The second-order valence-corrected chi connectivity index (χ2v) is 4.78. The highest BCUT2D eigenvalue weighted by Crippen LogP contribution is 2.14. The second-order valence-electron chi connectivity index (χ2n) is 4.34. The highest BCUT2D eigenvalue weighted by atomic mass is 35.5. The van der Waals surface area contributed by atoms with Gasteiger partial charge in [-0.3, -0.25) is 0 Å². The molecule has 0 fully saturated rings. The van der Waals surface area contributed by atoms with Crippen LogP contribution in [0.4, 0.5) is 0 Å². The van der Waals surface area contributed by atoms with E-state index in [4.69, 9.17) is 17.3 Å². The molecule has 2 unspecified atom stereocenters. The van der Waals surface area contributed by atoms with Crippen molar-refractivity contribution in [3.63, 3.8) is 0 Å². The molecule has 15 heavy (non-hydrogen) atoms. The molecule has 2 heteroatoms. The molecule has 0 amide bonds. The number of nitrogens with two attached hydrogens (primary N) is 1. The van der Waals surface area contributed by atoms with Crippen LogP contribution in [0, 0.1) is 5.92 Å². The maximum absolute atomic E-state index is 6.09. The summed E-state index contributed by atoms with van der Waals surface area (Å²) in [5.41, 5.74) is 7.36. The van der Waals surface area contributed by atoms with E-state index >= 15 is 0 Å². The van der Waals surface area contributed by atoms with Gasteiger partial charge in [-0.15, -0.1) is 0 Å². The number of benzene rings is 1. The van der Waals surface area contributed by atoms with Crippen molar-refractivity contribution < 1.29 is 0 Å². The minimum absolute atomic E-state index is 0.265. The second kappa shape index (κ2) is 6.14.